The van der Waals surface area contributed by atoms with Crippen molar-refractivity contribution >= 4 is 25.0 Å². The molecular formula is C20H21BFNO8. The molecule has 0 bridgehead atoms. The molecule has 2 fully saturated rings. The number of halogens is 1. The zero-order valence-corrected chi connectivity index (χ0v) is 16.9. The minimum absolute atomic E-state index is 0.119. The van der Waals surface area contributed by atoms with Crippen molar-refractivity contribution in [1.29, 1.82) is 0 Å². The summed E-state index contributed by atoms with van der Waals surface area (Å²) in [6.07, 6.45) is -1.54. The van der Waals surface area contributed by atoms with Gasteiger partial charge in [0.2, 0.25) is 11.8 Å². The molecule has 2 N–H and O–H groups in total. The van der Waals surface area contributed by atoms with E-state index in [9.17, 15) is 28.9 Å². The fraction of sp³-hybridized carbons (Fsp3) is 0.450. The number of likely N-dealkylation sites (tertiary alicyclic amines) is 1. The SMILES string of the molecule is COCC1=C2B(O)O[C@H](c3ccc(O)c(F)c3)C[C@H]2[C@H]2C(=O)N(C(=O)OC)C(=O)[C@H]2C1. The molecule has 1 aliphatic carbocycles. The molecule has 0 aromatic heterocycles. The molecule has 4 rings (SSSR count). The smallest absolute Gasteiger partial charge is 0.487 e. The maximum atomic E-state index is 13.9. The van der Waals surface area contributed by atoms with Crippen LogP contribution in [0.4, 0.5) is 9.18 Å². The lowest BCUT2D eigenvalue weighted by Crippen LogP contribution is -2.45. The van der Waals surface area contributed by atoms with Gasteiger partial charge in [-0.3, -0.25) is 9.59 Å². The topological polar surface area (TPSA) is 123 Å². The van der Waals surface area contributed by atoms with Crippen LogP contribution in [0.1, 0.15) is 24.5 Å². The van der Waals surface area contributed by atoms with Gasteiger partial charge in [0.1, 0.15) is 0 Å². The van der Waals surface area contributed by atoms with Gasteiger partial charge in [-0.1, -0.05) is 6.07 Å². The number of amides is 3. The molecule has 1 aromatic rings. The summed E-state index contributed by atoms with van der Waals surface area (Å²) in [4.78, 5) is 38.5. The molecule has 0 radical (unpaired) electrons. The van der Waals surface area contributed by atoms with Crippen molar-refractivity contribution in [2.24, 2.45) is 17.8 Å². The summed E-state index contributed by atoms with van der Waals surface area (Å²) in [7, 11) is 1.15. The molecular weight excluding hydrogens is 412 g/mol. The van der Waals surface area contributed by atoms with Crippen LogP contribution in [-0.4, -0.2) is 60.9 Å². The molecule has 31 heavy (non-hydrogen) atoms. The first-order valence-electron chi connectivity index (χ1n) is 9.76. The quantitative estimate of drug-likeness (QED) is 0.541. The lowest BCUT2D eigenvalue weighted by molar-refractivity contribution is -0.137. The third-order valence-corrected chi connectivity index (χ3v) is 6.23. The summed E-state index contributed by atoms with van der Waals surface area (Å²) in [5.74, 6) is -5.01. The lowest BCUT2D eigenvalue weighted by Gasteiger charge is -2.42. The van der Waals surface area contributed by atoms with Gasteiger partial charge in [-0.25, -0.2) is 9.18 Å². The van der Waals surface area contributed by atoms with Gasteiger partial charge < -0.3 is 24.3 Å². The predicted molar refractivity (Wildman–Crippen MR) is 103 cm³/mol. The normalized spacial score (nSPS) is 28.0. The molecule has 0 saturated carbocycles. The third-order valence-electron chi connectivity index (χ3n) is 6.23. The van der Waals surface area contributed by atoms with Crippen molar-refractivity contribution in [3.63, 3.8) is 0 Å². The van der Waals surface area contributed by atoms with Gasteiger partial charge in [0.15, 0.2) is 11.6 Å². The molecule has 3 aliphatic rings. The Bertz CT molecular complexity index is 982. The first-order valence-corrected chi connectivity index (χ1v) is 9.76. The Kier molecular flexibility index (Phi) is 5.59. The highest BCUT2D eigenvalue weighted by molar-refractivity contribution is 6.53. The number of fused-ring (bicyclic) bond motifs is 3. The zero-order valence-electron chi connectivity index (χ0n) is 16.9. The van der Waals surface area contributed by atoms with E-state index in [4.69, 9.17) is 9.39 Å². The number of nitrogens with zero attached hydrogens (tertiary/aromatic N) is 1. The van der Waals surface area contributed by atoms with E-state index in [1.54, 1.807) is 0 Å². The van der Waals surface area contributed by atoms with Gasteiger partial charge in [-0.2, -0.15) is 4.90 Å². The summed E-state index contributed by atoms with van der Waals surface area (Å²) >= 11 is 0. The number of carbonyl (C=O) groups excluding carboxylic acids is 3. The number of aromatic hydroxyl groups is 1. The Labute approximate surface area is 177 Å². The maximum absolute atomic E-state index is 13.9. The van der Waals surface area contributed by atoms with Crippen molar-refractivity contribution in [3.05, 3.63) is 40.6 Å². The van der Waals surface area contributed by atoms with Crippen LogP contribution in [-0.2, 0) is 23.7 Å². The van der Waals surface area contributed by atoms with E-state index in [2.05, 4.69) is 4.74 Å². The van der Waals surface area contributed by atoms with Crippen molar-refractivity contribution < 1.29 is 43.0 Å². The predicted octanol–water partition coefficient (Wildman–Crippen LogP) is 1.34. The van der Waals surface area contributed by atoms with E-state index >= 15 is 0 Å². The fourth-order valence-corrected chi connectivity index (χ4v) is 4.93. The molecule has 4 atom stereocenters. The first-order chi connectivity index (χ1) is 14.8. The number of allylic oxidation sites excluding steroid dienone is 1. The largest absolute Gasteiger partial charge is 0.505 e. The van der Waals surface area contributed by atoms with E-state index in [-0.39, 0.29) is 19.4 Å². The molecule has 0 spiro atoms. The zero-order chi connectivity index (χ0) is 22.4. The summed E-state index contributed by atoms with van der Waals surface area (Å²) in [5, 5.41) is 20.2. The number of imide groups is 3. The van der Waals surface area contributed by atoms with Crippen LogP contribution in [0, 0.1) is 23.6 Å². The molecule has 11 heteroatoms. The Morgan fingerprint density at radius 1 is 1.29 bits per heavy atom. The van der Waals surface area contributed by atoms with Gasteiger partial charge in [-0.15, -0.1) is 0 Å². The number of ether oxygens (including phenoxy) is 2. The second-order valence-corrected chi connectivity index (χ2v) is 7.84. The summed E-state index contributed by atoms with van der Waals surface area (Å²) in [5.41, 5.74) is 1.45. The molecule has 0 unspecified atom stereocenters. The van der Waals surface area contributed by atoms with Crippen LogP contribution in [0.3, 0.4) is 0 Å². The maximum Gasteiger partial charge on any atom is 0.487 e. The average molecular weight is 433 g/mol. The van der Waals surface area contributed by atoms with Crippen LogP contribution >= 0.6 is 0 Å². The Hall–Kier alpha value is -2.76. The first kappa shape index (κ1) is 21.5. The summed E-state index contributed by atoms with van der Waals surface area (Å²) < 4.78 is 29.4. The highest BCUT2D eigenvalue weighted by Crippen LogP contribution is 2.51. The van der Waals surface area contributed by atoms with E-state index in [0.29, 0.717) is 21.5 Å². The van der Waals surface area contributed by atoms with E-state index < -0.39 is 60.5 Å². The summed E-state index contributed by atoms with van der Waals surface area (Å²) in [6.45, 7) is 0.119. The van der Waals surface area contributed by atoms with Gasteiger partial charge in [0.05, 0.1) is 31.7 Å². The van der Waals surface area contributed by atoms with Crippen LogP contribution in [0.25, 0.3) is 0 Å². The monoisotopic (exact) mass is 433 g/mol. The van der Waals surface area contributed by atoms with Crippen molar-refractivity contribution in [3.8, 4) is 5.75 Å². The number of benzene rings is 1. The molecule has 2 heterocycles. The molecule has 3 amide bonds. The van der Waals surface area contributed by atoms with Crippen LogP contribution in [0.15, 0.2) is 29.2 Å². The average Bonchev–Trinajstić information content (AvgIpc) is 2.99. The van der Waals surface area contributed by atoms with E-state index in [0.717, 1.165) is 13.2 Å². The number of rotatable bonds is 3. The standard InChI is InChI=1S/C20H21BFNO8/c1-29-8-10-5-12-16(19(26)23(18(12)25)20(27)30-2)11-7-15(31-21(28)17(10)11)9-3-4-14(24)13(22)6-9/h3-4,6,11-12,15-16,24,28H,5,7-8H2,1-2H3/t11-,12-,15-,16+/m0/s1. The van der Waals surface area contributed by atoms with Gasteiger partial charge in [-0.05, 0) is 47.5 Å². The Morgan fingerprint density at radius 2 is 2.03 bits per heavy atom. The molecule has 9 nitrogen and oxygen atoms in total. The summed E-state index contributed by atoms with van der Waals surface area (Å²) in [6, 6.07) is 3.73. The van der Waals surface area contributed by atoms with Crippen molar-refractivity contribution in [2.75, 3.05) is 20.8 Å². The number of hydrogen-bond acceptors (Lipinski definition) is 8. The molecule has 2 saturated heterocycles. The lowest BCUT2D eigenvalue weighted by atomic mass is 9.55. The number of hydrogen-bond donors (Lipinski definition) is 2. The second-order valence-electron chi connectivity index (χ2n) is 7.84. The molecule has 1 aromatic carbocycles. The van der Waals surface area contributed by atoms with Crippen LogP contribution in [0.2, 0.25) is 0 Å². The third kappa shape index (κ3) is 3.42. The van der Waals surface area contributed by atoms with Crippen molar-refractivity contribution in [1.82, 2.24) is 4.90 Å². The fourth-order valence-electron chi connectivity index (χ4n) is 4.93. The number of methoxy groups -OCH3 is 2. The van der Waals surface area contributed by atoms with Gasteiger partial charge in [0.25, 0.3) is 0 Å². The van der Waals surface area contributed by atoms with E-state index in [1.807, 2.05) is 0 Å². The number of carbonyl (C=O) groups is 3. The highest BCUT2D eigenvalue weighted by atomic mass is 19.1. The minimum atomic E-state index is -1.40. The second kappa shape index (κ2) is 8.06. The van der Waals surface area contributed by atoms with Crippen LogP contribution < -0.4 is 0 Å². The van der Waals surface area contributed by atoms with Gasteiger partial charge in [0, 0.05) is 7.11 Å². The molecule has 164 valence electrons. The number of phenols is 1. The van der Waals surface area contributed by atoms with Gasteiger partial charge >= 0.3 is 13.2 Å². The van der Waals surface area contributed by atoms with Crippen LogP contribution in [0.5, 0.6) is 5.75 Å². The molecule has 2 aliphatic heterocycles. The highest BCUT2D eigenvalue weighted by Gasteiger charge is 2.59. The van der Waals surface area contributed by atoms with Crippen molar-refractivity contribution in [2.45, 2.75) is 18.9 Å². The number of phenolic OH excluding ortho intramolecular Hbond substituents is 1. The Morgan fingerprint density at radius 3 is 2.68 bits per heavy atom. The minimum Gasteiger partial charge on any atom is -0.505 e. The van der Waals surface area contributed by atoms with E-state index in [1.165, 1.54) is 19.2 Å². The Balaban J connectivity index is 1.75.